The molecule has 76 valence electrons. The van der Waals surface area contributed by atoms with Crippen molar-refractivity contribution in [2.45, 2.75) is 11.8 Å². The van der Waals surface area contributed by atoms with Gasteiger partial charge in [0.05, 0.1) is 5.69 Å². The highest BCUT2D eigenvalue weighted by Gasteiger charge is 2.10. The van der Waals surface area contributed by atoms with Gasteiger partial charge in [0.15, 0.2) is 0 Å². The van der Waals surface area contributed by atoms with Gasteiger partial charge >= 0.3 is 5.97 Å². The van der Waals surface area contributed by atoms with Crippen molar-refractivity contribution in [3.63, 3.8) is 0 Å². The first-order chi connectivity index (χ1) is 6.70. The Balaban J connectivity index is 2.26. The zero-order valence-corrected chi connectivity index (χ0v) is 8.41. The van der Waals surface area contributed by atoms with Crippen LogP contribution in [0.5, 0.6) is 0 Å². The summed E-state index contributed by atoms with van der Waals surface area (Å²) in [6.07, 6.45) is 1.72. The number of hydrogen-bond donors (Lipinski definition) is 2. The van der Waals surface area contributed by atoms with Crippen LogP contribution < -0.4 is 5.73 Å². The van der Waals surface area contributed by atoms with Crippen LogP contribution in [0.1, 0.15) is 5.69 Å². The van der Waals surface area contributed by atoms with Crippen LogP contribution >= 0.6 is 11.8 Å². The van der Waals surface area contributed by atoms with Crippen molar-refractivity contribution < 1.29 is 9.90 Å². The molecule has 0 saturated heterocycles. The quantitative estimate of drug-likeness (QED) is 0.752. The highest BCUT2D eigenvalue weighted by Crippen LogP contribution is 2.09. The van der Waals surface area contributed by atoms with Crippen LogP contribution in [0.4, 0.5) is 0 Å². The number of hydrogen-bond acceptors (Lipinski definition) is 4. The Morgan fingerprint density at radius 2 is 2.43 bits per heavy atom. The van der Waals surface area contributed by atoms with E-state index in [1.54, 1.807) is 6.20 Å². The molecule has 0 saturated carbocycles. The second-order valence-electron chi connectivity index (χ2n) is 2.78. The van der Waals surface area contributed by atoms with Crippen LogP contribution in [-0.2, 0) is 10.5 Å². The van der Waals surface area contributed by atoms with E-state index >= 15 is 0 Å². The maximum Gasteiger partial charge on any atom is 0.321 e. The lowest BCUT2D eigenvalue weighted by Crippen LogP contribution is -2.32. The second kappa shape index (κ2) is 5.62. The average Bonchev–Trinajstić information content (AvgIpc) is 2.19. The summed E-state index contributed by atoms with van der Waals surface area (Å²) in [5.41, 5.74) is 6.28. The molecule has 5 heteroatoms. The van der Waals surface area contributed by atoms with Gasteiger partial charge in [-0.2, -0.15) is 11.8 Å². The molecule has 0 aliphatic carbocycles. The standard InChI is InChI=1S/C9H12N2O2S/c10-8(9(12)13)6-14-5-7-3-1-2-4-11-7/h1-4,8H,5-6,10H2,(H,12,13)/t8-/m0/s1. The van der Waals surface area contributed by atoms with Crippen molar-refractivity contribution in [3.05, 3.63) is 30.1 Å². The number of pyridine rings is 1. The normalized spacial score (nSPS) is 12.4. The SMILES string of the molecule is N[C@@H](CSCc1ccccn1)C(=O)O. The molecule has 1 aromatic heterocycles. The largest absolute Gasteiger partial charge is 0.480 e. The molecule has 1 aromatic rings. The van der Waals surface area contributed by atoms with E-state index in [1.807, 2.05) is 18.2 Å². The van der Waals surface area contributed by atoms with Gasteiger partial charge in [0.1, 0.15) is 6.04 Å². The van der Waals surface area contributed by atoms with Gasteiger partial charge in [-0.25, -0.2) is 0 Å². The van der Waals surface area contributed by atoms with E-state index in [4.69, 9.17) is 10.8 Å². The summed E-state index contributed by atoms with van der Waals surface area (Å²) in [4.78, 5) is 14.5. The van der Waals surface area contributed by atoms with Gasteiger partial charge in [0, 0.05) is 17.7 Å². The van der Waals surface area contributed by atoms with E-state index in [0.717, 1.165) is 5.69 Å². The first-order valence-electron chi connectivity index (χ1n) is 4.16. The Morgan fingerprint density at radius 1 is 1.64 bits per heavy atom. The predicted molar refractivity (Wildman–Crippen MR) is 56.0 cm³/mol. The predicted octanol–water partition coefficient (Wildman–Crippen LogP) is 0.727. The summed E-state index contributed by atoms with van der Waals surface area (Å²) < 4.78 is 0. The Kier molecular flexibility index (Phi) is 4.42. The van der Waals surface area contributed by atoms with Crippen LogP contribution in [0.15, 0.2) is 24.4 Å². The number of carbonyl (C=O) groups is 1. The van der Waals surface area contributed by atoms with E-state index in [1.165, 1.54) is 11.8 Å². The van der Waals surface area contributed by atoms with E-state index in [9.17, 15) is 4.79 Å². The molecule has 0 fully saturated rings. The number of carboxylic acids is 1. The monoisotopic (exact) mass is 212 g/mol. The number of thioether (sulfide) groups is 1. The van der Waals surface area contributed by atoms with Crippen molar-refractivity contribution in [1.82, 2.24) is 4.98 Å². The van der Waals surface area contributed by atoms with Crippen molar-refractivity contribution in [2.75, 3.05) is 5.75 Å². The van der Waals surface area contributed by atoms with E-state index < -0.39 is 12.0 Å². The molecule has 1 rings (SSSR count). The fraction of sp³-hybridized carbons (Fsp3) is 0.333. The molecule has 0 spiro atoms. The molecule has 0 unspecified atom stereocenters. The lowest BCUT2D eigenvalue weighted by Gasteiger charge is -2.04. The summed E-state index contributed by atoms with van der Waals surface area (Å²) in [5, 5.41) is 8.53. The van der Waals surface area contributed by atoms with Crippen LogP contribution in [0, 0.1) is 0 Å². The Morgan fingerprint density at radius 3 is 3.00 bits per heavy atom. The lowest BCUT2D eigenvalue weighted by molar-refractivity contribution is -0.137. The summed E-state index contributed by atoms with van der Waals surface area (Å²) in [5.74, 6) is 0.145. The minimum absolute atomic E-state index is 0.409. The van der Waals surface area contributed by atoms with Gasteiger partial charge in [-0.3, -0.25) is 9.78 Å². The zero-order chi connectivity index (χ0) is 10.4. The number of aromatic nitrogens is 1. The fourth-order valence-corrected chi connectivity index (χ4v) is 1.74. The third-order valence-electron chi connectivity index (χ3n) is 1.59. The highest BCUT2D eigenvalue weighted by molar-refractivity contribution is 7.98. The maximum absolute atomic E-state index is 10.4. The van der Waals surface area contributed by atoms with Gasteiger partial charge in [-0.15, -0.1) is 0 Å². The van der Waals surface area contributed by atoms with Gasteiger partial charge in [0.2, 0.25) is 0 Å². The Bertz CT molecular complexity index is 292. The summed E-state index contributed by atoms with van der Waals surface area (Å²) in [7, 11) is 0. The molecule has 0 aromatic carbocycles. The molecule has 0 aliphatic heterocycles. The van der Waals surface area contributed by atoms with Crippen LogP contribution in [0.3, 0.4) is 0 Å². The number of carboxylic acid groups (broad SMARTS) is 1. The molecule has 4 nitrogen and oxygen atoms in total. The zero-order valence-electron chi connectivity index (χ0n) is 7.59. The van der Waals surface area contributed by atoms with E-state index in [0.29, 0.717) is 11.5 Å². The second-order valence-corrected chi connectivity index (χ2v) is 3.81. The molecule has 0 amide bonds. The molecule has 0 radical (unpaired) electrons. The number of aliphatic carboxylic acids is 1. The molecular weight excluding hydrogens is 200 g/mol. The minimum atomic E-state index is -0.960. The van der Waals surface area contributed by atoms with Crippen LogP contribution in [0.25, 0.3) is 0 Å². The summed E-state index contributed by atoms with van der Waals surface area (Å²) >= 11 is 1.47. The number of nitrogens with zero attached hydrogens (tertiary/aromatic N) is 1. The van der Waals surface area contributed by atoms with Crippen LogP contribution in [-0.4, -0.2) is 27.9 Å². The molecule has 14 heavy (non-hydrogen) atoms. The van der Waals surface area contributed by atoms with Crippen molar-refractivity contribution in [1.29, 1.82) is 0 Å². The molecule has 0 bridgehead atoms. The minimum Gasteiger partial charge on any atom is -0.480 e. The Labute approximate surface area is 86.5 Å². The third-order valence-corrected chi connectivity index (χ3v) is 2.69. The van der Waals surface area contributed by atoms with E-state index in [2.05, 4.69) is 4.98 Å². The van der Waals surface area contributed by atoms with Gasteiger partial charge < -0.3 is 10.8 Å². The number of rotatable bonds is 5. The van der Waals surface area contributed by atoms with Crippen molar-refractivity contribution in [3.8, 4) is 0 Å². The van der Waals surface area contributed by atoms with Crippen molar-refractivity contribution in [2.24, 2.45) is 5.73 Å². The Hall–Kier alpha value is -1.07. The molecule has 3 N–H and O–H groups in total. The summed E-state index contributed by atoms with van der Waals surface area (Å²) in [6.45, 7) is 0. The molecule has 1 heterocycles. The first-order valence-corrected chi connectivity index (χ1v) is 5.31. The van der Waals surface area contributed by atoms with Gasteiger partial charge in [0.25, 0.3) is 0 Å². The smallest absolute Gasteiger partial charge is 0.321 e. The first kappa shape index (κ1) is 11.0. The lowest BCUT2D eigenvalue weighted by atomic mass is 10.4. The maximum atomic E-state index is 10.4. The fourth-order valence-electron chi connectivity index (χ4n) is 0.845. The van der Waals surface area contributed by atoms with Gasteiger partial charge in [-0.05, 0) is 12.1 Å². The molecular formula is C9H12N2O2S. The number of nitrogens with two attached hydrogens (primary N) is 1. The highest BCUT2D eigenvalue weighted by atomic mass is 32.2. The molecule has 1 atom stereocenters. The average molecular weight is 212 g/mol. The topological polar surface area (TPSA) is 76.2 Å². The third kappa shape index (κ3) is 3.76. The molecule has 0 aliphatic rings. The summed E-state index contributed by atoms with van der Waals surface area (Å²) in [6, 6.07) is 4.86. The van der Waals surface area contributed by atoms with Gasteiger partial charge in [-0.1, -0.05) is 6.07 Å². The van der Waals surface area contributed by atoms with E-state index in [-0.39, 0.29) is 0 Å². The van der Waals surface area contributed by atoms with Crippen molar-refractivity contribution >= 4 is 17.7 Å². The van der Waals surface area contributed by atoms with Crippen LogP contribution in [0.2, 0.25) is 0 Å².